The summed E-state index contributed by atoms with van der Waals surface area (Å²) in [6, 6.07) is 16.4. The highest BCUT2D eigenvalue weighted by molar-refractivity contribution is 7.13. The molecule has 1 amide bonds. The molecule has 8 nitrogen and oxygen atoms in total. The lowest BCUT2D eigenvalue weighted by Gasteiger charge is -2.09. The summed E-state index contributed by atoms with van der Waals surface area (Å²) in [5.74, 6) is 0.268. The Balaban J connectivity index is 1.78. The van der Waals surface area contributed by atoms with E-state index in [1.807, 2.05) is 54.8 Å². The van der Waals surface area contributed by atoms with Crippen LogP contribution in [0.3, 0.4) is 0 Å². The molecule has 4 aromatic rings. The summed E-state index contributed by atoms with van der Waals surface area (Å²) in [7, 11) is 0. The molecule has 9 heteroatoms. The van der Waals surface area contributed by atoms with Crippen LogP contribution in [0.15, 0.2) is 64.8 Å². The predicted octanol–water partition coefficient (Wildman–Crippen LogP) is 3.33. The number of benzene rings is 1. The van der Waals surface area contributed by atoms with E-state index >= 15 is 0 Å². The number of H-pyrrole nitrogens is 1. The Morgan fingerprint density at radius 2 is 2.00 bits per heavy atom. The van der Waals surface area contributed by atoms with Gasteiger partial charge >= 0.3 is 0 Å². The molecule has 0 unspecified atom stereocenters. The molecule has 30 heavy (non-hydrogen) atoms. The van der Waals surface area contributed by atoms with Gasteiger partial charge in [0.25, 0.3) is 11.5 Å². The van der Waals surface area contributed by atoms with Gasteiger partial charge in [0, 0.05) is 24.3 Å². The minimum atomic E-state index is -0.322. The molecular formula is C21H19N5O3S. The molecule has 0 aliphatic heterocycles. The van der Waals surface area contributed by atoms with Gasteiger partial charge in [-0.1, -0.05) is 36.4 Å². The first kappa shape index (κ1) is 19.7. The molecule has 4 rings (SSSR count). The lowest BCUT2D eigenvalue weighted by atomic mass is 10.1. The molecule has 0 radical (unpaired) electrons. The highest BCUT2D eigenvalue weighted by Crippen LogP contribution is 2.27. The molecule has 0 aliphatic carbocycles. The monoisotopic (exact) mass is 421 g/mol. The standard InChI is InChI=1S/C21H19N5O3S/c1-2-29-13-20(28)23-18-11-16(17-9-6-10-30-17)25-26(18)21-22-15(12-19(27)24-21)14-7-4-3-5-8-14/h3-12H,2,13H2,1H3,(H,23,28)(H,22,24,27). The van der Waals surface area contributed by atoms with E-state index in [-0.39, 0.29) is 24.0 Å². The summed E-state index contributed by atoms with van der Waals surface area (Å²) in [4.78, 5) is 32.8. The molecule has 0 fully saturated rings. The SMILES string of the molecule is CCOCC(=O)Nc1cc(-c2cccs2)nn1-c1nc(-c2ccccc2)cc(=O)[nH]1. The van der Waals surface area contributed by atoms with Gasteiger partial charge < -0.3 is 10.1 Å². The van der Waals surface area contributed by atoms with E-state index in [0.717, 1.165) is 10.4 Å². The van der Waals surface area contributed by atoms with Crippen molar-refractivity contribution in [3.63, 3.8) is 0 Å². The Morgan fingerprint density at radius 1 is 1.17 bits per heavy atom. The fourth-order valence-electron chi connectivity index (χ4n) is 2.85. The van der Waals surface area contributed by atoms with E-state index in [1.54, 1.807) is 6.07 Å². The van der Waals surface area contributed by atoms with Crippen molar-refractivity contribution in [2.45, 2.75) is 6.92 Å². The zero-order valence-electron chi connectivity index (χ0n) is 16.2. The van der Waals surface area contributed by atoms with Crippen molar-refractivity contribution < 1.29 is 9.53 Å². The number of thiophene rings is 1. The number of hydrogen-bond acceptors (Lipinski definition) is 6. The molecule has 0 saturated carbocycles. The first-order valence-electron chi connectivity index (χ1n) is 9.32. The summed E-state index contributed by atoms with van der Waals surface area (Å²) in [6.45, 7) is 2.17. The number of carbonyl (C=O) groups excluding carboxylic acids is 1. The van der Waals surface area contributed by atoms with Crippen LogP contribution in [-0.2, 0) is 9.53 Å². The number of rotatable bonds is 7. The van der Waals surface area contributed by atoms with Gasteiger partial charge in [-0.15, -0.1) is 11.3 Å². The first-order valence-corrected chi connectivity index (χ1v) is 10.2. The van der Waals surface area contributed by atoms with E-state index in [9.17, 15) is 9.59 Å². The third kappa shape index (κ3) is 4.37. The van der Waals surface area contributed by atoms with Gasteiger partial charge in [-0.3, -0.25) is 14.6 Å². The maximum Gasteiger partial charge on any atom is 0.252 e. The Bertz CT molecular complexity index is 1200. The van der Waals surface area contributed by atoms with Crippen LogP contribution in [-0.4, -0.2) is 38.9 Å². The minimum Gasteiger partial charge on any atom is -0.372 e. The summed E-state index contributed by atoms with van der Waals surface area (Å²) >= 11 is 1.52. The van der Waals surface area contributed by atoms with Gasteiger partial charge in [-0.2, -0.15) is 9.78 Å². The van der Waals surface area contributed by atoms with Crippen molar-refractivity contribution in [2.24, 2.45) is 0 Å². The van der Waals surface area contributed by atoms with Crippen LogP contribution in [0.2, 0.25) is 0 Å². The maximum atomic E-state index is 12.3. The second-order valence-electron chi connectivity index (χ2n) is 6.31. The largest absolute Gasteiger partial charge is 0.372 e. The Labute approximate surface area is 176 Å². The fraction of sp³-hybridized carbons (Fsp3) is 0.143. The van der Waals surface area contributed by atoms with Crippen LogP contribution < -0.4 is 10.9 Å². The topological polar surface area (TPSA) is 102 Å². The molecule has 3 aromatic heterocycles. The lowest BCUT2D eigenvalue weighted by molar-refractivity contribution is -0.120. The number of aromatic nitrogens is 4. The van der Waals surface area contributed by atoms with Crippen LogP contribution in [0.4, 0.5) is 5.82 Å². The summed E-state index contributed by atoms with van der Waals surface area (Å²) in [6.07, 6.45) is 0. The van der Waals surface area contributed by atoms with Gasteiger partial charge in [-0.05, 0) is 18.4 Å². The Kier molecular flexibility index (Phi) is 5.82. The minimum absolute atomic E-state index is 0.0793. The van der Waals surface area contributed by atoms with Crippen LogP contribution in [0.25, 0.3) is 27.8 Å². The van der Waals surface area contributed by atoms with Gasteiger partial charge in [0.1, 0.15) is 18.1 Å². The van der Waals surface area contributed by atoms with Crippen molar-refractivity contribution >= 4 is 23.1 Å². The number of aromatic amines is 1. The maximum absolute atomic E-state index is 12.3. The van der Waals surface area contributed by atoms with Gasteiger partial charge in [-0.25, -0.2) is 4.98 Å². The molecule has 0 bridgehead atoms. The first-order chi connectivity index (χ1) is 14.6. The molecule has 1 aromatic carbocycles. The van der Waals surface area contributed by atoms with Gasteiger partial charge in [0.2, 0.25) is 5.95 Å². The average Bonchev–Trinajstić information content (AvgIpc) is 3.42. The second kappa shape index (κ2) is 8.85. The third-order valence-electron chi connectivity index (χ3n) is 4.19. The number of ether oxygens (including phenoxy) is 1. The Morgan fingerprint density at radius 3 is 2.73 bits per heavy atom. The van der Waals surface area contributed by atoms with Crippen LogP contribution in [0.1, 0.15) is 6.92 Å². The van der Waals surface area contributed by atoms with E-state index in [0.29, 0.717) is 23.8 Å². The van der Waals surface area contributed by atoms with Crippen molar-refractivity contribution in [3.05, 3.63) is 70.3 Å². The summed E-state index contributed by atoms with van der Waals surface area (Å²) < 4.78 is 6.60. The molecule has 0 atom stereocenters. The fourth-order valence-corrected chi connectivity index (χ4v) is 3.53. The van der Waals surface area contributed by atoms with Gasteiger partial charge in [0.15, 0.2) is 0 Å². The molecule has 0 spiro atoms. The van der Waals surface area contributed by atoms with Gasteiger partial charge in [0.05, 0.1) is 10.6 Å². The average molecular weight is 421 g/mol. The normalized spacial score (nSPS) is 10.8. The highest BCUT2D eigenvalue weighted by Gasteiger charge is 2.17. The number of amides is 1. The highest BCUT2D eigenvalue weighted by atomic mass is 32.1. The van der Waals surface area contributed by atoms with Crippen molar-refractivity contribution in [1.29, 1.82) is 0 Å². The number of anilines is 1. The predicted molar refractivity (Wildman–Crippen MR) is 116 cm³/mol. The quantitative estimate of drug-likeness (QED) is 0.477. The summed E-state index contributed by atoms with van der Waals surface area (Å²) in [5, 5.41) is 9.30. The van der Waals surface area contributed by atoms with Crippen LogP contribution in [0.5, 0.6) is 0 Å². The second-order valence-corrected chi connectivity index (χ2v) is 7.26. The molecule has 0 aliphatic rings. The number of carbonyl (C=O) groups is 1. The van der Waals surface area contributed by atoms with E-state index < -0.39 is 0 Å². The molecular weight excluding hydrogens is 402 g/mol. The number of nitrogens with one attached hydrogen (secondary N) is 2. The van der Waals surface area contributed by atoms with Crippen molar-refractivity contribution in [2.75, 3.05) is 18.5 Å². The Hall–Kier alpha value is -3.56. The van der Waals surface area contributed by atoms with Crippen LogP contribution >= 0.6 is 11.3 Å². The van der Waals surface area contributed by atoms with Crippen LogP contribution in [0, 0.1) is 0 Å². The zero-order valence-corrected chi connectivity index (χ0v) is 17.0. The number of nitrogens with zero attached hydrogens (tertiary/aromatic N) is 3. The molecule has 2 N–H and O–H groups in total. The third-order valence-corrected chi connectivity index (χ3v) is 5.08. The van der Waals surface area contributed by atoms with E-state index in [1.165, 1.54) is 22.1 Å². The van der Waals surface area contributed by atoms with E-state index in [4.69, 9.17) is 4.74 Å². The van der Waals surface area contributed by atoms with Crippen molar-refractivity contribution in [3.8, 4) is 27.8 Å². The smallest absolute Gasteiger partial charge is 0.252 e. The molecule has 0 saturated heterocycles. The summed E-state index contributed by atoms with van der Waals surface area (Å²) in [5.41, 5.74) is 1.65. The molecule has 3 heterocycles. The number of hydrogen-bond donors (Lipinski definition) is 2. The van der Waals surface area contributed by atoms with E-state index in [2.05, 4.69) is 20.4 Å². The van der Waals surface area contributed by atoms with Crippen molar-refractivity contribution in [1.82, 2.24) is 19.7 Å². The zero-order chi connectivity index (χ0) is 20.9. The lowest BCUT2D eigenvalue weighted by Crippen LogP contribution is -2.21. The molecule has 152 valence electrons.